The summed E-state index contributed by atoms with van der Waals surface area (Å²) in [5, 5.41) is 6.50. The Morgan fingerprint density at radius 1 is 1.16 bits per heavy atom. The van der Waals surface area contributed by atoms with Crippen LogP contribution in [0.25, 0.3) is 11.3 Å². The standard InChI is InChI=1S/C26H35F3N6O2/c1-26(2)14-16(13-17-4-3-11-35(17)26)32-23-21(27)22(33-25(30)34-23)15-5-6-19(20(12-15)37-24(28)29)36-18-7-9-31-10-8-18/h5-6,12,16-18,24,31H,3-4,7-11,13-14H2,1-2H3,(H3,30,32,33,34)/t16-,17+/m1/s1. The van der Waals surface area contributed by atoms with E-state index in [0.29, 0.717) is 6.04 Å². The Morgan fingerprint density at radius 3 is 2.70 bits per heavy atom. The van der Waals surface area contributed by atoms with Crippen LogP contribution in [0.3, 0.4) is 0 Å². The Bertz CT molecular complexity index is 1110. The first kappa shape index (κ1) is 25.8. The number of ether oxygens (including phenoxy) is 2. The van der Waals surface area contributed by atoms with E-state index in [2.05, 4.69) is 39.3 Å². The van der Waals surface area contributed by atoms with Crippen molar-refractivity contribution in [1.82, 2.24) is 20.2 Å². The van der Waals surface area contributed by atoms with Gasteiger partial charge in [-0.3, -0.25) is 4.90 Å². The van der Waals surface area contributed by atoms with E-state index in [9.17, 15) is 8.78 Å². The number of hydrogen-bond donors (Lipinski definition) is 3. The topological polar surface area (TPSA) is 97.6 Å². The predicted molar refractivity (Wildman–Crippen MR) is 135 cm³/mol. The first-order valence-electron chi connectivity index (χ1n) is 13.0. The first-order valence-corrected chi connectivity index (χ1v) is 13.0. The molecule has 5 rings (SSSR count). The molecule has 202 valence electrons. The number of alkyl halides is 2. The quantitative estimate of drug-likeness (QED) is 0.494. The molecule has 0 saturated carbocycles. The van der Waals surface area contributed by atoms with Crippen LogP contribution in [0.15, 0.2) is 18.2 Å². The molecule has 3 fully saturated rings. The van der Waals surface area contributed by atoms with Crippen molar-refractivity contribution in [3.63, 3.8) is 0 Å². The van der Waals surface area contributed by atoms with Crippen LogP contribution < -0.4 is 25.8 Å². The van der Waals surface area contributed by atoms with Gasteiger partial charge in [-0.25, -0.2) is 9.37 Å². The highest BCUT2D eigenvalue weighted by atomic mass is 19.3. The lowest BCUT2D eigenvalue weighted by atomic mass is 9.84. The van der Waals surface area contributed by atoms with E-state index < -0.39 is 12.4 Å². The molecule has 0 spiro atoms. The van der Waals surface area contributed by atoms with E-state index in [1.807, 2.05) is 0 Å². The highest BCUT2D eigenvalue weighted by Gasteiger charge is 2.43. The average molecular weight is 521 g/mol. The Balaban J connectivity index is 1.41. The van der Waals surface area contributed by atoms with Crippen LogP contribution in [-0.4, -0.2) is 64.8 Å². The van der Waals surface area contributed by atoms with Gasteiger partial charge < -0.3 is 25.8 Å². The van der Waals surface area contributed by atoms with Gasteiger partial charge >= 0.3 is 6.61 Å². The first-order chi connectivity index (χ1) is 17.7. The Kier molecular flexibility index (Phi) is 7.35. The van der Waals surface area contributed by atoms with E-state index in [1.54, 1.807) is 6.07 Å². The minimum atomic E-state index is -3.06. The van der Waals surface area contributed by atoms with Gasteiger partial charge in [-0.15, -0.1) is 0 Å². The third kappa shape index (κ3) is 5.72. The molecule has 0 bridgehead atoms. The highest BCUT2D eigenvalue weighted by Crippen LogP contribution is 2.40. The smallest absolute Gasteiger partial charge is 0.387 e. The lowest BCUT2D eigenvalue weighted by Crippen LogP contribution is -2.55. The molecule has 37 heavy (non-hydrogen) atoms. The fourth-order valence-electron chi connectivity index (χ4n) is 6.10. The van der Waals surface area contributed by atoms with Crippen LogP contribution in [0.4, 0.5) is 24.9 Å². The second kappa shape index (κ2) is 10.5. The zero-order chi connectivity index (χ0) is 26.2. The summed E-state index contributed by atoms with van der Waals surface area (Å²) < 4.78 is 52.9. The van der Waals surface area contributed by atoms with E-state index in [4.69, 9.17) is 15.2 Å². The number of hydrogen-bond acceptors (Lipinski definition) is 8. The molecule has 4 N–H and O–H groups in total. The summed E-state index contributed by atoms with van der Waals surface area (Å²) >= 11 is 0. The summed E-state index contributed by atoms with van der Waals surface area (Å²) in [4.78, 5) is 10.8. The molecule has 0 aliphatic carbocycles. The Hall–Kier alpha value is -2.79. The van der Waals surface area contributed by atoms with Crippen LogP contribution in [0.5, 0.6) is 11.5 Å². The Morgan fingerprint density at radius 2 is 1.95 bits per heavy atom. The molecule has 0 amide bonds. The molecular weight excluding hydrogens is 485 g/mol. The summed E-state index contributed by atoms with van der Waals surface area (Å²) in [6.45, 7) is 4.02. The van der Waals surface area contributed by atoms with Gasteiger partial charge in [0, 0.05) is 23.2 Å². The molecular formula is C26H35F3N6O2. The molecule has 0 radical (unpaired) electrons. The van der Waals surface area contributed by atoms with Crippen molar-refractivity contribution in [2.45, 2.75) is 82.7 Å². The highest BCUT2D eigenvalue weighted by molar-refractivity contribution is 5.68. The number of nitrogen functional groups attached to an aromatic ring is 1. The Labute approximate surface area is 215 Å². The fraction of sp³-hybridized carbons (Fsp3) is 0.615. The van der Waals surface area contributed by atoms with E-state index in [-0.39, 0.29) is 52.2 Å². The molecule has 0 unspecified atom stereocenters. The van der Waals surface area contributed by atoms with Gasteiger partial charge in [0.15, 0.2) is 23.1 Å². The minimum Gasteiger partial charge on any atom is -0.486 e. The van der Waals surface area contributed by atoms with Gasteiger partial charge in [0.05, 0.1) is 0 Å². The number of halogens is 3. The van der Waals surface area contributed by atoms with Crippen LogP contribution in [0.2, 0.25) is 0 Å². The number of benzene rings is 1. The molecule has 8 nitrogen and oxygen atoms in total. The third-order valence-electron chi connectivity index (χ3n) is 7.68. The number of aromatic nitrogens is 2. The normalized spacial score (nSPS) is 24.2. The van der Waals surface area contributed by atoms with Crippen LogP contribution >= 0.6 is 0 Å². The number of nitrogens with one attached hydrogen (secondary N) is 2. The van der Waals surface area contributed by atoms with Crippen molar-refractivity contribution < 1.29 is 22.6 Å². The van der Waals surface area contributed by atoms with Gasteiger partial charge in [0.2, 0.25) is 5.95 Å². The summed E-state index contributed by atoms with van der Waals surface area (Å²) in [6, 6.07) is 4.87. The largest absolute Gasteiger partial charge is 0.486 e. The number of piperidine rings is 2. The number of nitrogens with two attached hydrogens (primary N) is 1. The van der Waals surface area contributed by atoms with E-state index >= 15 is 4.39 Å². The van der Waals surface area contributed by atoms with Gasteiger partial charge in [0.25, 0.3) is 0 Å². The van der Waals surface area contributed by atoms with Gasteiger partial charge in [0.1, 0.15) is 11.8 Å². The maximum Gasteiger partial charge on any atom is 0.387 e. The second-order valence-corrected chi connectivity index (χ2v) is 10.8. The van der Waals surface area contributed by atoms with Crippen LogP contribution in [0.1, 0.15) is 52.4 Å². The maximum absolute atomic E-state index is 15.7. The molecule has 3 aliphatic heterocycles. The summed E-state index contributed by atoms with van der Waals surface area (Å²) in [5.41, 5.74) is 6.11. The number of anilines is 2. The fourth-order valence-corrected chi connectivity index (χ4v) is 6.10. The van der Waals surface area contributed by atoms with Crippen molar-refractivity contribution in [2.75, 3.05) is 30.7 Å². The van der Waals surface area contributed by atoms with Crippen molar-refractivity contribution >= 4 is 11.8 Å². The molecule has 3 aliphatic rings. The number of rotatable bonds is 7. The molecule has 1 aromatic carbocycles. The molecule has 2 aromatic rings. The molecule has 4 heterocycles. The lowest BCUT2D eigenvalue weighted by Gasteiger charge is -2.47. The van der Waals surface area contributed by atoms with Crippen molar-refractivity contribution in [2.24, 2.45) is 0 Å². The van der Waals surface area contributed by atoms with Gasteiger partial charge in [-0.1, -0.05) is 0 Å². The van der Waals surface area contributed by atoms with Crippen molar-refractivity contribution in [1.29, 1.82) is 0 Å². The molecule has 1 aromatic heterocycles. The van der Waals surface area contributed by atoms with Crippen LogP contribution in [-0.2, 0) is 0 Å². The maximum atomic E-state index is 15.7. The molecule has 11 heteroatoms. The van der Waals surface area contributed by atoms with Crippen molar-refractivity contribution in [3.8, 4) is 22.8 Å². The second-order valence-electron chi connectivity index (χ2n) is 10.8. The third-order valence-corrected chi connectivity index (χ3v) is 7.68. The summed E-state index contributed by atoms with van der Waals surface area (Å²) in [5.74, 6) is -0.769. The minimum absolute atomic E-state index is 0.0132. The van der Waals surface area contributed by atoms with Gasteiger partial charge in [-0.2, -0.15) is 13.8 Å². The predicted octanol–water partition coefficient (Wildman–Crippen LogP) is 4.41. The zero-order valence-corrected chi connectivity index (χ0v) is 21.3. The molecule has 2 atom stereocenters. The summed E-state index contributed by atoms with van der Waals surface area (Å²) in [7, 11) is 0. The van der Waals surface area contributed by atoms with Crippen LogP contribution in [0, 0.1) is 5.82 Å². The van der Waals surface area contributed by atoms with E-state index in [1.165, 1.54) is 18.6 Å². The number of nitrogens with zero attached hydrogens (tertiary/aromatic N) is 3. The zero-order valence-electron chi connectivity index (χ0n) is 21.3. The SMILES string of the molecule is CC1(C)C[C@H](Nc2nc(N)nc(-c3ccc(OC4CCNCC4)c(OC(F)F)c3)c2F)C[C@@H]2CCCN21. The monoisotopic (exact) mass is 520 g/mol. The lowest BCUT2D eigenvalue weighted by molar-refractivity contribution is -0.0522. The van der Waals surface area contributed by atoms with Gasteiger partial charge in [-0.05, 0) is 90.2 Å². The molecule has 3 saturated heterocycles. The summed E-state index contributed by atoms with van der Waals surface area (Å²) in [6.07, 6.45) is 5.39. The van der Waals surface area contributed by atoms with E-state index in [0.717, 1.165) is 51.7 Å². The average Bonchev–Trinajstić information content (AvgIpc) is 3.32. The number of fused-ring (bicyclic) bond motifs is 1. The van der Waals surface area contributed by atoms with Crippen molar-refractivity contribution in [3.05, 3.63) is 24.0 Å².